The molecule has 0 spiro atoms. The summed E-state index contributed by atoms with van der Waals surface area (Å²) in [4.78, 5) is 15.3. The second-order valence-corrected chi connectivity index (χ2v) is 9.26. The van der Waals surface area contributed by atoms with Crippen molar-refractivity contribution in [3.8, 4) is 11.4 Å². The van der Waals surface area contributed by atoms with Crippen molar-refractivity contribution in [2.24, 2.45) is 0 Å². The number of carbonyl (C=O) groups excluding carboxylic acids is 1. The number of rotatable bonds is 7. The number of nitrogens with one attached hydrogen (secondary N) is 1. The fraction of sp³-hybridized carbons (Fsp3) is 0.375. The van der Waals surface area contributed by atoms with E-state index in [9.17, 15) is 4.79 Å². The van der Waals surface area contributed by atoms with Gasteiger partial charge in [0, 0.05) is 13.1 Å². The maximum atomic E-state index is 13.0. The van der Waals surface area contributed by atoms with Gasteiger partial charge in [0.2, 0.25) is 11.9 Å². The van der Waals surface area contributed by atoms with Gasteiger partial charge < -0.3 is 15.0 Å². The van der Waals surface area contributed by atoms with Crippen molar-refractivity contribution in [1.82, 2.24) is 14.8 Å². The van der Waals surface area contributed by atoms with Gasteiger partial charge in [-0.3, -0.25) is 9.36 Å². The van der Waals surface area contributed by atoms with Crippen LogP contribution in [0.25, 0.3) is 5.69 Å². The number of aromatic nitrogens is 3. The van der Waals surface area contributed by atoms with Crippen LogP contribution in [0.15, 0.2) is 53.7 Å². The summed E-state index contributed by atoms with van der Waals surface area (Å²) in [6, 6.07) is 15.8. The van der Waals surface area contributed by atoms with Gasteiger partial charge in [0.05, 0.1) is 23.7 Å². The Labute approximate surface area is 193 Å². The monoisotopic (exact) mass is 451 g/mol. The van der Waals surface area contributed by atoms with Gasteiger partial charge in [0.25, 0.3) is 0 Å². The lowest BCUT2D eigenvalue weighted by Crippen LogP contribution is -2.31. The van der Waals surface area contributed by atoms with Crippen molar-refractivity contribution in [2.45, 2.75) is 43.5 Å². The molecule has 32 heavy (non-hydrogen) atoms. The first kappa shape index (κ1) is 22.2. The van der Waals surface area contributed by atoms with Crippen LogP contribution in [-0.4, -0.2) is 46.1 Å². The quantitative estimate of drug-likeness (QED) is 0.525. The van der Waals surface area contributed by atoms with Crippen LogP contribution in [0.2, 0.25) is 0 Å². The Morgan fingerprint density at radius 2 is 1.84 bits per heavy atom. The highest BCUT2D eigenvalue weighted by molar-refractivity contribution is 8.00. The van der Waals surface area contributed by atoms with E-state index in [0.29, 0.717) is 16.6 Å². The van der Waals surface area contributed by atoms with Crippen LogP contribution in [0, 0.1) is 6.92 Å². The van der Waals surface area contributed by atoms with Crippen molar-refractivity contribution in [2.75, 3.05) is 30.4 Å². The maximum Gasteiger partial charge on any atom is 0.237 e. The molecule has 0 bridgehead atoms. The number of para-hydroxylation sites is 1. The third-order valence-corrected chi connectivity index (χ3v) is 6.58. The first-order chi connectivity index (χ1) is 15.6. The molecule has 1 N–H and O–H groups in total. The number of aryl methyl sites for hydroxylation is 1. The summed E-state index contributed by atoms with van der Waals surface area (Å²) >= 11 is 1.40. The maximum absolute atomic E-state index is 13.0. The van der Waals surface area contributed by atoms with Gasteiger partial charge in [-0.2, -0.15) is 0 Å². The molecule has 1 aliphatic rings. The second kappa shape index (κ2) is 10.1. The molecule has 0 aliphatic carbocycles. The molecule has 3 aromatic rings. The van der Waals surface area contributed by atoms with Crippen LogP contribution in [0.1, 0.15) is 31.7 Å². The lowest BCUT2D eigenvalue weighted by Gasteiger charge is -2.28. The largest absolute Gasteiger partial charge is 0.495 e. The van der Waals surface area contributed by atoms with E-state index in [2.05, 4.69) is 25.0 Å². The van der Waals surface area contributed by atoms with Gasteiger partial charge in [-0.05, 0) is 62.9 Å². The van der Waals surface area contributed by atoms with Gasteiger partial charge in [-0.25, -0.2) is 0 Å². The van der Waals surface area contributed by atoms with E-state index in [1.54, 1.807) is 7.11 Å². The average Bonchev–Trinajstić information content (AvgIpc) is 3.23. The molecule has 1 atom stereocenters. The normalized spacial score (nSPS) is 14.8. The Morgan fingerprint density at radius 1 is 1.09 bits per heavy atom. The second-order valence-electron chi connectivity index (χ2n) is 7.95. The van der Waals surface area contributed by atoms with Gasteiger partial charge >= 0.3 is 0 Å². The van der Waals surface area contributed by atoms with E-state index in [0.717, 1.165) is 43.1 Å². The van der Waals surface area contributed by atoms with E-state index in [4.69, 9.17) is 4.74 Å². The summed E-state index contributed by atoms with van der Waals surface area (Å²) in [7, 11) is 1.60. The minimum Gasteiger partial charge on any atom is -0.495 e. The number of hydrogen-bond acceptors (Lipinski definition) is 6. The molecular formula is C24H29N5O2S. The highest BCUT2D eigenvalue weighted by Crippen LogP contribution is 2.32. The van der Waals surface area contributed by atoms with Gasteiger partial charge in [0.1, 0.15) is 5.75 Å². The first-order valence-corrected chi connectivity index (χ1v) is 11.8. The molecule has 0 saturated carbocycles. The van der Waals surface area contributed by atoms with Crippen molar-refractivity contribution in [3.05, 3.63) is 54.1 Å². The van der Waals surface area contributed by atoms with Crippen molar-refractivity contribution in [3.63, 3.8) is 0 Å². The van der Waals surface area contributed by atoms with Gasteiger partial charge in [0.15, 0.2) is 5.16 Å². The molecule has 0 radical (unpaired) electrons. The fourth-order valence-corrected chi connectivity index (χ4v) is 4.67. The molecule has 2 aromatic carbocycles. The molecule has 4 rings (SSSR count). The van der Waals surface area contributed by atoms with E-state index in [1.165, 1.54) is 18.2 Å². The number of piperidine rings is 1. The third-order valence-electron chi connectivity index (χ3n) is 5.53. The number of thioether (sulfide) groups is 1. The van der Waals surface area contributed by atoms with E-state index < -0.39 is 0 Å². The molecule has 1 saturated heterocycles. The van der Waals surface area contributed by atoms with Crippen LogP contribution in [0.5, 0.6) is 5.75 Å². The van der Waals surface area contributed by atoms with Crippen LogP contribution >= 0.6 is 11.8 Å². The average molecular weight is 452 g/mol. The molecule has 168 valence electrons. The Kier molecular flexibility index (Phi) is 6.99. The minimum absolute atomic E-state index is 0.110. The molecule has 1 amide bonds. The number of anilines is 2. The van der Waals surface area contributed by atoms with Gasteiger partial charge in [-0.1, -0.05) is 36.0 Å². The Morgan fingerprint density at radius 3 is 2.56 bits per heavy atom. The third kappa shape index (κ3) is 4.91. The van der Waals surface area contributed by atoms with E-state index >= 15 is 0 Å². The summed E-state index contributed by atoms with van der Waals surface area (Å²) < 4.78 is 7.46. The van der Waals surface area contributed by atoms with Crippen LogP contribution in [-0.2, 0) is 4.79 Å². The highest BCUT2D eigenvalue weighted by Gasteiger charge is 2.25. The molecule has 1 aliphatic heterocycles. The number of benzene rings is 2. The van der Waals surface area contributed by atoms with Crippen LogP contribution in [0.4, 0.5) is 11.6 Å². The fourth-order valence-electron chi connectivity index (χ4n) is 3.81. The van der Waals surface area contributed by atoms with Crippen LogP contribution < -0.4 is 15.0 Å². The minimum atomic E-state index is -0.374. The number of methoxy groups -OCH3 is 1. The first-order valence-electron chi connectivity index (χ1n) is 10.9. The molecule has 1 unspecified atom stereocenters. The SMILES string of the molecule is COc1ccc(C)cc1NC(=O)C(C)Sc1nnc(N2CCCCC2)n1-c1ccccc1. The summed E-state index contributed by atoms with van der Waals surface area (Å²) in [6.07, 6.45) is 3.56. The van der Waals surface area contributed by atoms with Crippen molar-refractivity contribution >= 4 is 29.3 Å². The molecule has 1 aromatic heterocycles. The summed E-state index contributed by atoms with van der Waals surface area (Å²) in [6.45, 7) is 5.81. The molecule has 7 nitrogen and oxygen atoms in total. The summed E-state index contributed by atoms with van der Waals surface area (Å²) in [5.41, 5.74) is 2.72. The summed E-state index contributed by atoms with van der Waals surface area (Å²) in [5, 5.41) is 12.3. The van der Waals surface area contributed by atoms with E-state index in [1.807, 2.05) is 62.4 Å². The number of hydrogen-bond donors (Lipinski definition) is 1. The Bertz CT molecular complexity index is 1060. The van der Waals surface area contributed by atoms with Gasteiger partial charge in [-0.15, -0.1) is 10.2 Å². The number of ether oxygens (including phenoxy) is 1. The zero-order valence-corrected chi connectivity index (χ0v) is 19.6. The highest BCUT2D eigenvalue weighted by atomic mass is 32.2. The van der Waals surface area contributed by atoms with E-state index in [-0.39, 0.29) is 11.2 Å². The standard InChI is InChI=1S/C24H29N5O2S/c1-17-12-13-21(31-3)20(16-17)25-22(30)18(2)32-24-27-26-23(28-14-8-5-9-15-28)29(24)19-10-6-4-7-11-19/h4,6-7,10-13,16,18H,5,8-9,14-15H2,1-3H3,(H,25,30). The molecular weight excluding hydrogens is 422 g/mol. The van der Waals surface area contributed by atoms with Crippen LogP contribution in [0.3, 0.4) is 0 Å². The topological polar surface area (TPSA) is 72.3 Å². The smallest absolute Gasteiger partial charge is 0.237 e. The van der Waals surface area contributed by atoms with Crippen molar-refractivity contribution < 1.29 is 9.53 Å². The Hall–Kier alpha value is -3.00. The number of carbonyl (C=O) groups is 1. The predicted octanol–water partition coefficient (Wildman–Crippen LogP) is 4.69. The Balaban J connectivity index is 1.58. The number of amides is 1. The zero-order valence-electron chi connectivity index (χ0n) is 18.7. The molecule has 8 heteroatoms. The van der Waals surface area contributed by atoms with Crippen molar-refractivity contribution in [1.29, 1.82) is 0 Å². The zero-order chi connectivity index (χ0) is 22.5. The lowest BCUT2D eigenvalue weighted by atomic mass is 10.1. The molecule has 1 fully saturated rings. The summed E-state index contributed by atoms with van der Waals surface area (Å²) in [5.74, 6) is 1.37. The lowest BCUT2D eigenvalue weighted by molar-refractivity contribution is -0.115. The number of nitrogens with zero attached hydrogens (tertiary/aromatic N) is 4. The molecule has 2 heterocycles. The predicted molar refractivity (Wildman–Crippen MR) is 129 cm³/mol.